The normalized spacial score (nSPS) is 34.2. The van der Waals surface area contributed by atoms with Gasteiger partial charge in [0, 0.05) is 0 Å². The van der Waals surface area contributed by atoms with E-state index in [2.05, 4.69) is 4.74 Å². The summed E-state index contributed by atoms with van der Waals surface area (Å²) in [5, 5.41) is 9.57. The maximum atomic E-state index is 9.57. The topological polar surface area (TPSA) is 32.4 Å². The average molecular weight is 60.1 g/mol. The minimum Gasteiger partial charge on any atom is -0.370 e. The second-order valence-electron chi connectivity index (χ2n) is 1.12. The SMILES string of the molecule is [3O]CC1CO1. The molecule has 1 aliphatic heterocycles. The fraction of sp³-hybridized carbons (Fsp3) is 1.00. The van der Waals surface area contributed by atoms with Crippen molar-refractivity contribution in [3.63, 3.8) is 0 Å². The molecule has 0 aromatic carbocycles. The van der Waals surface area contributed by atoms with Crippen LogP contribution in [0.1, 0.15) is 0 Å². The second kappa shape index (κ2) is 0.954. The Morgan fingerprint density at radius 2 is 2.60 bits per heavy atom. The maximum absolute atomic E-state index is 9.57. The lowest BCUT2D eigenvalue weighted by molar-refractivity contribution is 0.164. The van der Waals surface area contributed by atoms with Crippen molar-refractivity contribution in [2.75, 3.05) is 13.2 Å². The van der Waals surface area contributed by atoms with Gasteiger partial charge in [0.05, 0.1) is 6.61 Å². The van der Waals surface area contributed by atoms with Gasteiger partial charge in [-0.05, 0) is 0 Å². The highest BCUT2D eigenvalue weighted by Crippen LogP contribution is 2.05. The zero-order valence-corrected chi connectivity index (χ0v) is 2.81. The third-order valence-corrected chi connectivity index (χ3v) is 0.588. The Labute approximate surface area is 30.4 Å². The molecule has 1 saturated heterocycles. The van der Waals surface area contributed by atoms with Crippen LogP contribution >= 0.6 is 0 Å². The molecule has 0 aromatic rings. The van der Waals surface area contributed by atoms with Crippen molar-refractivity contribution in [1.29, 1.82) is 0 Å². The van der Waals surface area contributed by atoms with E-state index in [0.717, 1.165) is 0 Å². The smallest absolute Gasteiger partial charge is 0.111 e. The minimum atomic E-state index is -0.0556. The van der Waals surface area contributed by atoms with Gasteiger partial charge in [-0.25, -0.2) is 5.11 Å². The van der Waals surface area contributed by atoms with Crippen LogP contribution in [0.3, 0.4) is 0 Å². The molecule has 2 heteroatoms. The zero-order valence-electron chi connectivity index (χ0n) is 2.81. The van der Waals surface area contributed by atoms with E-state index in [-0.39, 0.29) is 12.7 Å². The largest absolute Gasteiger partial charge is 0.370 e. The van der Waals surface area contributed by atoms with E-state index in [1.54, 1.807) is 0 Å². The summed E-state index contributed by atoms with van der Waals surface area (Å²) in [6.07, 6.45) is 0.0787. The Hall–Kier alpha value is -0.0800. The molecule has 0 saturated carbocycles. The van der Waals surface area contributed by atoms with Crippen LogP contribution in [0.5, 0.6) is 0 Å². The molecule has 1 fully saturated rings. The zero-order chi connectivity index (χ0) is 3.70. The lowest BCUT2D eigenvalue weighted by Gasteiger charge is -1.66. The van der Waals surface area contributed by atoms with Gasteiger partial charge in [0.25, 0.3) is 0 Å². The molecule has 1 radical (unpaired) electrons. The summed E-state index contributed by atoms with van der Waals surface area (Å²) in [7, 11) is 0. The molecule has 0 bridgehead atoms. The first kappa shape index (κ1) is 3.12. The molecule has 29 valence electrons. The van der Waals surface area contributed by atoms with Crippen LogP contribution in [0.25, 0.3) is 0 Å². The van der Waals surface area contributed by atoms with E-state index >= 15 is 0 Å². The molecular weight excluding hydrogens is 55.0 g/mol. The van der Waals surface area contributed by atoms with Crippen LogP contribution in [0.15, 0.2) is 0 Å². The molecule has 1 unspecified atom stereocenters. The summed E-state index contributed by atoms with van der Waals surface area (Å²) in [6, 6.07) is 0. The van der Waals surface area contributed by atoms with Crippen LogP contribution in [-0.2, 0) is 9.84 Å². The maximum Gasteiger partial charge on any atom is 0.111 e. The fourth-order valence-corrected chi connectivity index (χ4v) is 0.164. The first-order valence-corrected chi connectivity index (χ1v) is 1.63. The molecule has 0 aliphatic carbocycles. The summed E-state index contributed by atoms with van der Waals surface area (Å²) in [5.74, 6) is 0. The van der Waals surface area contributed by atoms with Crippen molar-refractivity contribution < 1.29 is 9.84 Å². The predicted octanol–water partition coefficient (Wildman–Crippen LogP) is -0.184. The number of epoxide rings is 1. The molecule has 1 rings (SSSR count). The third kappa shape index (κ3) is 0.597. The summed E-state index contributed by atoms with van der Waals surface area (Å²) < 4.78 is 4.55. The number of hydrogen-bond donors (Lipinski definition) is 0. The van der Waals surface area contributed by atoms with Gasteiger partial charge in [-0.3, -0.25) is 0 Å². The highest BCUT2D eigenvalue weighted by atomic mass is 16.6. The van der Waals surface area contributed by atoms with Gasteiger partial charge in [-0.15, -0.1) is 0 Å². The molecular formula is C3H5O2. The van der Waals surface area contributed by atoms with Gasteiger partial charge in [-0.1, -0.05) is 0 Å². The first-order valence-electron chi connectivity index (χ1n) is 1.63. The number of hydrogen-bond acceptors (Lipinski definition) is 1. The fourth-order valence-electron chi connectivity index (χ4n) is 0.164. The Morgan fingerprint density at radius 3 is 2.60 bits per heavy atom. The summed E-state index contributed by atoms with van der Waals surface area (Å²) in [4.78, 5) is 0. The van der Waals surface area contributed by atoms with Crippen LogP contribution in [0.4, 0.5) is 0 Å². The van der Waals surface area contributed by atoms with E-state index in [4.69, 9.17) is 0 Å². The minimum absolute atomic E-state index is 0.0556. The lowest BCUT2D eigenvalue weighted by atomic mass is 2.89. The van der Waals surface area contributed by atoms with E-state index in [0.29, 0.717) is 6.61 Å². The highest BCUT2D eigenvalue weighted by Gasteiger charge is 2.20. The predicted molar refractivity (Wildman–Crippen MR) is 15.3 cm³/mol. The Balaban J connectivity index is 2.00. The van der Waals surface area contributed by atoms with Crippen LogP contribution in [0.2, 0.25) is 0 Å². The Bertz CT molecular complexity index is 31.9. The van der Waals surface area contributed by atoms with Gasteiger partial charge in [-0.2, -0.15) is 0 Å². The molecule has 0 spiro atoms. The average Bonchev–Trinajstić information content (AvgIpc) is 2.12. The van der Waals surface area contributed by atoms with Gasteiger partial charge in [0.1, 0.15) is 12.7 Å². The van der Waals surface area contributed by atoms with Crippen LogP contribution in [-0.4, -0.2) is 19.3 Å². The molecule has 1 aliphatic rings. The standard InChI is InChI=1S/C3H5O2/c4-1-3-2-5-3/h3H,1-2H2/i4-13. The molecule has 1 atom stereocenters. The molecule has 0 amide bonds. The van der Waals surface area contributed by atoms with Crippen molar-refractivity contribution in [2.24, 2.45) is 0 Å². The van der Waals surface area contributed by atoms with Crippen molar-refractivity contribution >= 4 is 0 Å². The third-order valence-electron chi connectivity index (χ3n) is 0.588. The summed E-state index contributed by atoms with van der Waals surface area (Å²) in [6.45, 7) is 0.642. The van der Waals surface area contributed by atoms with Crippen molar-refractivity contribution in [2.45, 2.75) is 6.10 Å². The van der Waals surface area contributed by atoms with E-state index in [1.807, 2.05) is 0 Å². The van der Waals surface area contributed by atoms with E-state index < -0.39 is 0 Å². The first-order chi connectivity index (χ1) is 2.43. The van der Waals surface area contributed by atoms with Crippen molar-refractivity contribution in [3.8, 4) is 0 Å². The summed E-state index contributed by atoms with van der Waals surface area (Å²) in [5.41, 5.74) is 0. The Morgan fingerprint density at radius 1 is 2.00 bits per heavy atom. The molecule has 2 nitrogen and oxygen atoms in total. The van der Waals surface area contributed by atoms with Crippen molar-refractivity contribution in [1.82, 2.24) is 0 Å². The highest BCUT2D eigenvalue weighted by molar-refractivity contribution is 4.64. The van der Waals surface area contributed by atoms with E-state index in [9.17, 15) is 5.11 Å². The van der Waals surface area contributed by atoms with E-state index in [1.165, 1.54) is 0 Å². The van der Waals surface area contributed by atoms with Crippen LogP contribution < -0.4 is 0 Å². The van der Waals surface area contributed by atoms with Gasteiger partial charge in [0.15, 0.2) is 0 Å². The number of rotatable bonds is 1. The second-order valence-corrected chi connectivity index (χ2v) is 1.12. The monoisotopic (exact) mass is 60.0 g/mol. The molecule has 0 N–H and O–H groups in total. The lowest BCUT2D eigenvalue weighted by Crippen LogP contribution is -1.86. The molecule has 0 aromatic heterocycles. The number of ether oxygens (including phenoxy) is 1. The van der Waals surface area contributed by atoms with Crippen LogP contribution in [0, 0.1) is 0 Å². The van der Waals surface area contributed by atoms with Gasteiger partial charge >= 0.3 is 0 Å². The van der Waals surface area contributed by atoms with Gasteiger partial charge in [0.2, 0.25) is 0 Å². The Kier molecular flexibility index (Phi) is 0.596. The summed E-state index contributed by atoms with van der Waals surface area (Å²) >= 11 is 0. The van der Waals surface area contributed by atoms with Crippen molar-refractivity contribution in [3.05, 3.63) is 0 Å². The molecule has 1 heterocycles. The van der Waals surface area contributed by atoms with Gasteiger partial charge < -0.3 is 4.74 Å². The molecule has 5 heavy (non-hydrogen) atoms. The quantitative estimate of drug-likeness (QED) is 0.386.